The van der Waals surface area contributed by atoms with E-state index < -0.39 is 39.4 Å². The van der Waals surface area contributed by atoms with Gasteiger partial charge < -0.3 is 19.4 Å². The van der Waals surface area contributed by atoms with Crippen LogP contribution >= 0.6 is 0 Å². The van der Waals surface area contributed by atoms with Crippen molar-refractivity contribution in [1.82, 2.24) is 0 Å². The molecule has 1 aliphatic rings. The van der Waals surface area contributed by atoms with Gasteiger partial charge in [-0.2, -0.15) is 8.42 Å². The third-order valence-electron chi connectivity index (χ3n) is 3.60. The van der Waals surface area contributed by atoms with Gasteiger partial charge in [0, 0.05) is 5.56 Å². The molecule has 136 valence electrons. The van der Waals surface area contributed by atoms with Gasteiger partial charge in [0.25, 0.3) is 0 Å². The van der Waals surface area contributed by atoms with E-state index in [2.05, 4.69) is 0 Å². The number of carbonyl (C=O) groups is 1. The smallest absolute Gasteiger partial charge is 0.313 e. The zero-order chi connectivity index (χ0) is 19.7. The maximum atomic E-state index is 12.7. The zero-order valence-corrected chi connectivity index (χ0v) is 14.7. The number of nitrogens with two attached hydrogens (primary N) is 1. The third-order valence-corrected chi connectivity index (χ3v) is 4.70. The second-order valence-electron chi connectivity index (χ2n) is 5.45. The van der Waals surface area contributed by atoms with E-state index in [1.807, 2.05) is 0 Å². The maximum absolute atomic E-state index is 12.7. The summed E-state index contributed by atoms with van der Waals surface area (Å²) in [5.41, 5.74) is 6.29. The van der Waals surface area contributed by atoms with Crippen molar-refractivity contribution in [2.75, 3.05) is 7.11 Å². The summed E-state index contributed by atoms with van der Waals surface area (Å²) < 4.78 is 48.0. The minimum absolute atomic E-state index is 0.162. The first-order valence-electron chi connectivity index (χ1n) is 8.09. The molecule has 0 saturated carbocycles. The van der Waals surface area contributed by atoms with Crippen LogP contribution in [0.15, 0.2) is 66.2 Å². The van der Waals surface area contributed by atoms with Gasteiger partial charge in [-0.3, -0.25) is 4.79 Å². The molecule has 0 fully saturated rings. The quantitative estimate of drug-likeness (QED) is 0.769. The molecule has 1 aliphatic heterocycles. The summed E-state index contributed by atoms with van der Waals surface area (Å²) in [5.74, 6) is -2.18. The van der Waals surface area contributed by atoms with E-state index in [1.165, 1.54) is 19.2 Å². The summed E-state index contributed by atoms with van der Waals surface area (Å²) >= 11 is 0. The molecule has 0 bridgehead atoms. The van der Waals surface area contributed by atoms with Crippen molar-refractivity contribution >= 4 is 15.9 Å². The van der Waals surface area contributed by atoms with Crippen LogP contribution in [0.4, 0.5) is 0 Å². The second kappa shape index (κ2) is 7.09. The van der Waals surface area contributed by atoms with Crippen LogP contribution in [-0.4, -0.2) is 21.3 Å². The van der Waals surface area contributed by atoms with Crippen LogP contribution in [0.3, 0.4) is 0 Å². The Morgan fingerprint density at radius 3 is 2.42 bits per heavy atom. The summed E-state index contributed by atoms with van der Waals surface area (Å²) in [5, 5.41) is 0. The summed E-state index contributed by atoms with van der Waals surface area (Å²) in [6.07, 6.45) is -2.23. The number of rotatable bonds is 6. The van der Waals surface area contributed by atoms with Crippen molar-refractivity contribution in [3.63, 3.8) is 0 Å². The Kier molecular flexibility index (Phi) is 4.49. The fraction of sp³-hybridized carbons (Fsp3) is 0.167. The predicted molar refractivity (Wildman–Crippen MR) is 93.2 cm³/mol. The first-order chi connectivity index (χ1) is 12.7. The highest BCUT2D eigenvalue weighted by atomic mass is 32.2. The number of hydrogen-bond donors (Lipinski definition) is 1. The molecular weight excluding hydrogens is 358 g/mol. The maximum Gasteiger partial charge on any atom is 0.313 e. The molecular formula is C18H17NO6S. The highest BCUT2D eigenvalue weighted by molar-refractivity contribution is 7.86. The van der Waals surface area contributed by atoms with Crippen molar-refractivity contribution in [2.45, 2.75) is 11.8 Å². The van der Waals surface area contributed by atoms with Crippen LogP contribution in [-0.2, 0) is 29.6 Å². The van der Waals surface area contributed by atoms with E-state index in [-0.39, 0.29) is 5.56 Å². The molecule has 0 spiro atoms. The molecule has 2 N–H and O–H groups in total. The van der Waals surface area contributed by atoms with E-state index in [4.69, 9.17) is 20.8 Å². The summed E-state index contributed by atoms with van der Waals surface area (Å²) in [4.78, 5) is 12.7. The van der Waals surface area contributed by atoms with Crippen molar-refractivity contribution in [3.8, 4) is 5.75 Å². The Bertz CT molecular complexity index is 988. The molecule has 26 heavy (non-hydrogen) atoms. The van der Waals surface area contributed by atoms with Crippen LogP contribution < -0.4 is 10.5 Å². The van der Waals surface area contributed by atoms with Gasteiger partial charge in [-0.15, -0.1) is 0 Å². The molecule has 0 unspecified atom stereocenters. The molecule has 0 radical (unpaired) electrons. The second-order valence-corrected chi connectivity index (χ2v) is 7.02. The minimum Gasteiger partial charge on any atom is -0.497 e. The third kappa shape index (κ3) is 3.80. The molecule has 2 aromatic carbocycles. The standard InChI is InChI=1S/C18H17NO6S/c1-23-14-9-7-13(8-10-14)16-15(20)17(18(19)24-16)25-26(21,22)11-12-5-3-2-4-6-12/h2-10,16H,11,19H2,1H3/t16-/m0/s1/i16D. The lowest BCUT2D eigenvalue weighted by Gasteiger charge is -2.10. The molecule has 1 atom stereocenters. The monoisotopic (exact) mass is 376 g/mol. The zero-order valence-electron chi connectivity index (χ0n) is 14.8. The van der Waals surface area contributed by atoms with Crippen molar-refractivity contribution in [1.29, 1.82) is 0 Å². The van der Waals surface area contributed by atoms with Crippen LogP contribution in [0.5, 0.6) is 5.75 Å². The summed E-state index contributed by atoms with van der Waals surface area (Å²) in [6.45, 7) is 0. The lowest BCUT2D eigenvalue weighted by molar-refractivity contribution is -0.123. The van der Waals surface area contributed by atoms with E-state index in [1.54, 1.807) is 42.5 Å². The van der Waals surface area contributed by atoms with Gasteiger partial charge in [-0.05, 0) is 17.7 Å². The Morgan fingerprint density at radius 2 is 1.81 bits per heavy atom. The predicted octanol–water partition coefficient (Wildman–Crippen LogP) is 2.01. The van der Waals surface area contributed by atoms with Crippen LogP contribution in [0.25, 0.3) is 0 Å². The molecule has 2 aromatic rings. The molecule has 0 amide bonds. The van der Waals surface area contributed by atoms with Gasteiger partial charge >= 0.3 is 10.1 Å². The van der Waals surface area contributed by atoms with Gasteiger partial charge in [0.1, 0.15) is 11.5 Å². The van der Waals surface area contributed by atoms with Gasteiger partial charge in [0.15, 0.2) is 6.08 Å². The van der Waals surface area contributed by atoms with E-state index in [0.717, 1.165) is 0 Å². The Labute approximate surface area is 152 Å². The summed E-state index contributed by atoms with van der Waals surface area (Å²) in [6, 6.07) is 14.3. The van der Waals surface area contributed by atoms with Gasteiger partial charge in [0.05, 0.1) is 8.48 Å². The normalized spacial score (nSPS) is 20.5. The fourth-order valence-corrected chi connectivity index (χ4v) is 3.44. The Morgan fingerprint density at radius 1 is 1.15 bits per heavy atom. The molecule has 0 saturated heterocycles. The van der Waals surface area contributed by atoms with Gasteiger partial charge in [-0.25, -0.2) is 0 Å². The summed E-state index contributed by atoms with van der Waals surface area (Å²) in [7, 11) is -2.69. The average Bonchev–Trinajstić information content (AvgIpc) is 2.86. The van der Waals surface area contributed by atoms with Gasteiger partial charge in [0.2, 0.25) is 17.4 Å². The number of benzene rings is 2. The molecule has 0 aliphatic carbocycles. The molecule has 0 aromatic heterocycles. The van der Waals surface area contributed by atoms with Crippen molar-refractivity contribution in [2.24, 2.45) is 5.73 Å². The van der Waals surface area contributed by atoms with Crippen molar-refractivity contribution < 1.29 is 28.2 Å². The molecule has 8 heteroatoms. The van der Waals surface area contributed by atoms with Crippen LogP contribution in [0.2, 0.25) is 0 Å². The largest absolute Gasteiger partial charge is 0.497 e. The number of Topliss-reactive ketones (excluding diaryl/α,β-unsaturated/α-hetero) is 1. The number of ether oxygens (including phenoxy) is 2. The molecule has 3 rings (SSSR count). The number of carbonyl (C=O) groups excluding carboxylic acids is 1. The topological polar surface area (TPSA) is 105 Å². The van der Waals surface area contributed by atoms with Crippen molar-refractivity contribution in [3.05, 3.63) is 77.4 Å². The Balaban J connectivity index is 1.82. The fourth-order valence-electron chi connectivity index (χ4n) is 2.36. The van der Waals surface area contributed by atoms with E-state index in [0.29, 0.717) is 11.3 Å². The van der Waals surface area contributed by atoms with E-state index in [9.17, 15) is 13.2 Å². The lowest BCUT2D eigenvalue weighted by atomic mass is 10.1. The number of ketones is 1. The lowest BCUT2D eigenvalue weighted by Crippen LogP contribution is -2.16. The van der Waals surface area contributed by atoms with E-state index >= 15 is 0 Å². The SMILES string of the molecule is [2H][C@@]1(c2ccc(OC)cc2)OC(N)=C(OS(=O)(=O)Cc2ccccc2)C1=O. The van der Waals surface area contributed by atoms with Crippen LogP contribution in [0, 0.1) is 0 Å². The first kappa shape index (κ1) is 16.5. The Hall–Kier alpha value is -3.00. The molecule has 1 heterocycles. The number of hydrogen-bond acceptors (Lipinski definition) is 7. The average molecular weight is 376 g/mol. The minimum atomic E-state index is -4.17. The highest BCUT2D eigenvalue weighted by Crippen LogP contribution is 2.33. The number of methoxy groups -OCH3 is 1. The van der Waals surface area contributed by atoms with Crippen LogP contribution in [0.1, 0.15) is 18.6 Å². The highest BCUT2D eigenvalue weighted by Gasteiger charge is 2.39. The molecule has 7 nitrogen and oxygen atoms in total. The van der Waals surface area contributed by atoms with Gasteiger partial charge in [-0.1, -0.05) is 42.5 Å². The first-order valence-corrected chi connectivity index (χ1v) is 9.17.